The maximum absolute atomic E-state index is 8.57. The smallest absolute Gasteiger partial charge is 0.229 e. The van der Waals surface area contributed by atoms with Crippen LogP contribution in [0.15, 0.2) is 4.42 Å². The summed E-state index contributed by atoms with van der Waals surface area (Å²) in [5, 5.41) is 8.57. The lowest BCUT2D eigenvalue weighted by Crippen LogP contribution is -1.99. The summed E-state index contributed by atoms with van der Waals surface area (Å²) in [6.45, 7) is 2.05. The Kier molecular flexibility index (Phi) is 1.20. The first-order valence-electron chi connectivity index (χ1n) is 3.82. The minimum atomic E-state index is 0.0449. The van der Waals surface area contributed by atoms with Crippen molar-refractivity contribution in [3.63, 3.8) is 0 Å². The lowest BCUT2D eigenvalue weighted by molar-refractivity contribution is 0.462. The van der Waals surface area contributed by atoms with Crippen LogP contribution in [-0.4, -0.2) is 4.98 Å². The van der Waals surface area contributed by atoms with Gasteiger partial charge in [0.1, 0.15) is 6.07 Å². The highest BCUT2D eigenvalue weighted by atomic mass is 16.4. The van der Waals surface area contributed by atoms with Crippen LogP contribution >= 0.6 is 0 Å². The van der Waals surface area contributed by atoms with Crippen LogP contribution in [0.1, 0.15) is 31.4 Å². The lowest BCUT2D eigenvalue weighted by atomic mass is 10.1. The number of hydrogen-bond donors (Lipinski definition) is 1. The standard InChI is InChI=1S/C8H9N3O/c1-8(2-3-8)7-11-5(4-9)6(10)12-7/h2-3,10H2,1H3. The first kappa shape index (κ1) is 7.17. The van der Waals surface area contributed by atoms with Gasteiger partial charge in [0.25, 0.3) is 0 Å². The SMILES string of the molecule is CC1(c2nc(C#N)c(N)o2)CC1. The molecule has 1 aliphatic carbocycles. The molecule has 1 aromatic rings. The number of anilines is 1. The summed E-state index contributed by atoms with van der Waals surface area (Å²) in [5.74, 6) is 0.747. The summed E-state index contributed by atoms with van der Waals surface area (Å²) < 4.78 is 5.18. The summed E-state index contributed by atoms with van der Waals surface area (Å²) in [4.78, 5) is 4.01. The van der Waals surface area contributed by atoms with Crippen molar-refractivity contribution in [1.29, 1.82) is 5.26 Å². The largest absolute Gasteiger partial charge is 0.423 e. The highest BCUT2D eigenvalue weighted by Gasteiger charge is 2.44. The number of nitrogens with two attached hydrogens (primary N) is 1. The second kappa shape index (κ2) is 2.01. The highest BCUT2D eigenvalue weighted by molar-refractivity contribution is 5.41. The van der Waals surface area contributed by atoms with Crippen LogP contribution < -0.4 is 5.73 Å². The number of nitriles is 1. The molecule has 4 nitrogen and oxygen atoms in total. The number of aromatic nitrogens is 1. The molecule has 2 N–H and O–H groups in total. The first-order chi connectivity index (χ1) is 5.65. The van der Waals surface area contributed by atoms with Crippen molar-refractivity contribution in [3.8, 4) is 6.07 Å². The minimum absolute atomic E-state index is 0.0449. The van der Waals surface area contributed by atoms with E-state index in [1.165, 1.54) is 0 Å². The van der Waals surface area contributed by atoms with E-state index in [0.717, 1.165) is 12.8 Å². The molecule has 2 rings (SSSR count). The van der Waals surface area contributed by atoms with Gasteiger partial charge in [-0.1, -0.05) is 6.92 Å². The molecule has 4 heteroatoms. The van der Waals surface area contributed by atoms with E-state index in [9.17, 15) is 0 Å². The van der Waals surface area contributed by atoms with Crippen LogP contribution in [0.2, 0.25) is 0 Å². The van der Waals surface area contributed by atoms with E-state index in [1.807, 2.05) is 6.07 Å². The molecule has 12 heavy (non-hydrogen) atoms. The predicted octanol–water partition coefficient (Wildman–Crippen LogP) is 1.18. The Morgan fingerprint density at radius 2 is 2.33 bits per heavy atom. The molecule has 1 saturated carbocycles. The minimum Gasteiger partial charge on any atom is -0.423 e. The van der Waals surface area contributed by atoms with E-state index in [1.54, 1.807) is 0 Å². The van der Waals surface area contributed by atoms with Crippen molar-refractivity contribution >= 4 is 5.88 Å². The zero-order valence-corrected chi connectivity index (χ0v) is 6.79. The van der Waals surface area contributed by atoms with Crippen molar-refractivity contribution in [2.45, 2.75) is 25.2 Å². The molecule has 0 radical (unpaired) electrons. The van der Waals surface area contributed by atoms with Gasteiger partial charge in [-0.3, -0.25) is 0 Å². The number of rotatable bonds is 1. The van der Waals surface area contributed by atoms with Crippen molar-refractivity contribution < 1.29 is 4.42 Å². The Labute approximate surface area is 70.0 Å². The van der Waals surface area contributed by atoms with Gasteiger partial charge < -0.3 is 10.2 Å². The van der Waals surface area contributed by atoms with Gasteiger partial charge in [0.2, 0.25) is 17.5 Å². The number of hydrogen-bond acceptors (Lipinski definition) is 4. The Bertz CT molecular complexity index is 357. The number of nitrogens with zero attached hydrogens (tertiary/aromatic N) is 2. The lowest BCUT2D eigenvalue weighted by Gasteiger charge is -1.98. The number of nitrogen functional groups attached to an aromatic ring is 1. The van der Waals surface area contributed by atoms with Gasteiger partial charge >= 0.3 is 0 Å². The summed E-state index contributed by atoms with van der Waals surface area (Å²) in [5.41, 5.74) is 5.68. The maximum Gasteiger partial charge on any atom is 0.229 e. The normalized spacial score (nSPS) is 18.7. The van der Waals surface area contributed by atoms with E-state index in [2.05, 4.69) is 11.9 Å². The third-order valence-corrected chi connectivity index (χ3v) is 2.28. The molecule has 1 aliphatic rings. The topological polar surface area (TPSA) is 75.8 Å². The zero-order chi connectivity index (χ0) is 8.77. The van der Waals surface area contributed by atoms with Crippen LogP contribution in [0.4, 0.5) is 5.88 Å². The van der Waals surface area contributed by atoms with Crippen molar-refractivity contribution in [2.75, 3.05) is 5.73 Å². The molecule has 0 aromatic carbocycles. The second-order valence-corrected chi connectivity index (χ2v) is 3.40. The number of oxazole rings is 1. The van der Waals surface area contributed by atoms with E-state index < -0.39 is 0 Å². The molecule has 1 fully saturated rings. The Morgan fingerprint density at radius 1 is 1.67 bits per heavy atom. The third kappa shape index (κ3) is 0.866. The molecule has 0 saturated heterocycles. The van der Waals surface area contributed by atoms with Crippen molar-refractivity contribution in [2.24, 2.45) is 0 Å². The van der Waals surface area contributed by atoms with Gasteiger partial charge in [-0.05, 0) is 12.8 Å². The van der Waals surface area contributed by atoms with Crippen LogP contribution in [0.3, 0.4) is 0 Å². The molecule has 0 bridgehead atoms. The fourth-order valence-electron chi connectivity index (χ4n) is 1.07. The molecule has 1 aromatic heterocycles. The van der Waals surface area contributed by atoms with Gasteiger partial charge in [-0.2, -0.15) is 10.2 Å². The second-order valence-electron chi connectivity index (χ2n) is 3.40. The quantitative estimate of drug-likeness (QED) is 0.674. The van der Waals surface area contributed by atoms with Gasteiger partial charge in [0.05, 0.1) is 0 Å². The summed E-state index contributed by atoms with van der Waals surface area (Å²) in [6.07, 6.45) is 2.13. The molecule has 62 valence electrons. The van der Waals surface area contributed by atoms with Crippen molar-refractivity contribution in [3.05, 3.63) is 11.6 Å². The molecule has 0 spiro atoms. The average molecular weight is 163 g/mol. The van der Waals surface area contributed by atoms with Crippen molar-refractivity contribution in [1.82, 2.24) is 4.98 Å². The van der Waals surface area contributed by atoms with Crippen LogP contribution in [0.5, 0.6) is 0 Å². The third-order valence-electron chi connectivity index (χ3n) is 2.28. The van der Waals surface area contributed by atoms with Crippen LogP contribution in [0.25, 0.3) is 0 Å². The fraction of sp³-hybridized carbons (Fsp3) is 0.500. The van der Waals surface area contributed by atoms with Gasteiger partial charge in [0, 0.05) is 5.41 Å². The molecule has 1 heterocycles. The Balaban J connectivity index is 2.43. The molecular formula is C8H9N3O. The fourth-order valence-corrected chi connectivity index (χ4v) is 1.07. The molecule has 0 atom stereocenters. The maximum atomic E-state index is 8.57. The summed E-state index contributed by atoms with van der Waals surface area (Å²) in [7, 11) is 0. The van der Waals surface area contributed by atoms with Crippen LogP contribution in [0, 0.1) is 11.3 Å². The van der Waals surface area contributed by atoms with Crippen LogP contribution in [-0.2, 0) is 5.41 Å². The highest BCUT2D eigenvalue weighted by Crippen LogP contribution is 2.47. The van der Waals surface area contributed by atoms with E-state index >= 15 is 0 Å². The summed E-state index contributed by atoms with van der Waals surface area (Å²) in [6, 6.07) is 1.89. The van der Waals surface area contributed by atoms with Gasteiger partial charge in [-0.25, -0.2) is 0 Å². The summed E-state index contributed by atoms with van der Waals surface area (Å²) >= 11 is 0. The monoisotopic (exact) mass is 163 g/mol. The molecule has 0 amide bonds. The van der Waals surface area contributed by atoms with Gasteiger partial charge in [0.15, 0.2) is 0 Å². The van der Waals surface area contributed by atoms with Gasteiger partial charge in [-0.15, -0.1) is 0 Å². The molecule has 0 aliphatic heterocycles. The predicted molar refractivity (Wildman–Crippen MR) is 42.2 cm³/mol. The first-order valence-corrected chi connectivity index (χ1v) is 3.82. The molecular weight excluding hydrogens is 154 g/mol. The molecule has 0 unspecified atom stereocenters. The average Bonchev–Trinajstić information content (AvgIpc) is 2.65. The zero-order valence-electron chi connectivity index (χ0n) is 6.79. The van der Waals surface area contributed by atoms with E-state index in [4.69, 9.17) is 15.4 Å². The Morgan fingerprint density at radius 3 is 2.75 bits per heavy atom. The van der Waals surface area contributed by atoms with E-state index in [0.29, 0.717) is 5.89 Å². The Hall–Kier alpha value is -1.50. The van der Waals surface area contributed by atoms with E-state index in [-0.39, 0.29) is 17.0 Å².